The Hall–Kier alpha value is -1.03. The summed E-state index contributed by atoms with van der Waals surface area (Å²) in [5, 5.41) is 7.99. The van der Waals surface area contributed by atoms with Crippen LogP contribution in [0.3, 0.4) is 0 Å². The van der Waals surface area contributed by atoms with Gasteiger partial charge in [0.1, 0.15) is 0 Å². The van der Waals surface area contributed by atoms with Crippen molar-refractivity contribution in [2.45, 2.75) is 57.9 Å². The molecule has 2 heterocycles. The number of aromatic nitrogens is 2. The molecule has 106 valence electrons. The Morgan fingerprint density at radius 2 is 2.11 bits per heavy atom. The van der Waals surface area contributed by atoms with E-state index in [1.807, 2.05) is 0 Å². The Kier molecular flexibility index (Phi) is 3.29. The van der Waals surface area contributed by atoms with Gasteiger partial charge in [-0.2, -0.15) is 5.10 Å². The fourth-order valence-corrected chi connectivity index (χ4v) is 3.73. The van der Waals surface area contributed by atoms with Crippen LogP contribution >= 0.6 is 0 Å². The average molecular weight is 262 g/mol. The highest BCUT2D eigenvalue weighted by Gasteiger charge is 2.34. The maximum atomic E-state index is 6.04. The van der Waals surface area contributed by atoms with Crippen LogP contribution in [-0.2, 0) is 0 Å². The summed E-state index contributed by atoms with van der Waals surface area (Å²) in [5.74, 6) is 3.13. The molecule has 0 bridgehead atoms. The normalized spacial score (nSPS) is 31.0. The minimum atomic E-state index is 0.312. The smallest absolute Gasteiger partial charge is 0.154 e. The minimum Gasteiger partial charge on any atom is -0.353 e. The van der Waals surface area contributed by atoms with Crippen LogP contribution in [0.1, 0.15) is 63.1 Å². The van der Waals surface area contributed by atoms with Gasteiger partial charge >= 0.3 is 0 Å². The molecule has 0 saturated carbocycles. The topological polar surface area (TPSA) is 57.9 Å². The molecule has 1 aliphatic carbocycles. The molecule has 3 rings (SSSR count). The van der Waals surface area contributed by atoms with Crippen LogP contribution in [-0.4, -0.2) is 29.3 Å². The molecule has 3 N–H and O–H groups in total. The highest BCUT2D eigenvalue weighted by Crippen LogP contribution is 2.45. The van der Waals surface area contributed by atoms with Crippen molar-refractivity contribution < 1.29 is 0 Å². The van der Waals surface area contributed by atoms with Gasteiger partial charge in [0, 0.05) is 36.3 Å². The first-order valence-electron chi connectivity index (χ1n) is 7.66. The Bertz CT molecular complexity index is 451. The van der Waals surface area contributed by atoms with Crippen LogP contribution in [0.4, 0.5) is 5.82 Å². The van der Waals surface area contributed by atoms with Crippen LogP contribution in [0, 0.1) is 5.92 Å². The molecular formula is C15H26N4. The van der Waals surface area contributed by atoms with Crippen molar-refractivity contribution in [2.75, 3.05) is 18.0 Å². The first-order valence-corrected chi connectivity index (χ1v) is 7.66. The van der Waals surface area contributed by atoms with E-state index in [0.29, 0.717) is 23.8 Å². The van der Waals surface area contributed by atoms with E-state index in [2.05, 4.69) is 35.9 Å². The summed E-state index contributed by atoms with van der Waals surface area (Å²) in [5.41, 5.74) is 8.90. The third-order valence-electron chi connectivity index (χ3n) is 4.92. The predicted molar refractivity (Wildman–Crippen MR) is 78.6 cm³/mol. The molecule has 0 amide bonds. The van der Waals surface area contributed by atoms with Crippen molar-refractivity contribution >= 4 is 5.82 Å². The van der Waals surface area contributed by atoms with Gasteiger partial charge in [0.2, 0.25) is 0 Å². The van der Waals surface area contributed by atoms with Gasteiger partial charge in [-0.05, 0) is 31.1 Å². The number of nitrogens with one attached hydrogen (secondary N) is 1. The van der Waals surface area contributed by atoms with Crippen LogP contribution < -0.4 is 10.6 Å². The Morgan fingerprint density at radius 3 is 2.74 bits per heavy atom. The van der Waals surface area contributed by atoms with Crippen molar-refractivity contribution in [3.8, 4) is 0 Å². The van der Waals surface area contributed by atoms with Gasteiger partial charge in [-0.1, -0.05) is 20.8 Å². The van der Waals surface area contributed by atoms with Crippen LogP contribution in [0.2, 0.25) is 0 Å². The molecule has 1 saturated heterocycles. The Balaban J connectivity index is 1.95. The van der Waals surface area contributed by atoms with Crippen molar-refractivity contribution in [3.05, 3.63) is 11.3 Å². The van der Waals surface area contributed by atoms with E-state index in [1.54, 1.807) is 0 Å². The molecule has 4 nitrogen and oxygen atoms in total. The zero-order valence-corrected chi connectivity index (χ0v) is 12.3. The molecule has 1 aromatic rings. The van der Waals surface area contributed by atoms with E-state index in [9.17, 15) is 0 Å². The first kappa shape index (κ1) is 13.0. The molecule has 0 aromatic carbocycles. The molecule has 1 aliphatic heterocycles. The SMILES string of the molecule is CC1CCC(C(C)C)c2[nH]nc(N3CCC(N)C3)c21. The zero-order valence-electron chi connectivity index (χ0n) is 12.3. The van der Waals surface area contributed by atoms with E-state index >= 15 is 0 Å². The second-order valence-electron chi connectivity index (χ2n) is 6.70. The van der Waals surface area contributed by atoms with Crippen molar-refractivity contribution in [3.63, 3.8) is 0 Å². The minimum absolute atomic E-state index is 0.312. The number of anilines is 1. The van der Waals surface area contributed by atoms with E-state index < -0.39 is 0 Å². The molecule has 2 aliphatic rings. The third-order valence-corrected chi connectivity index (χ3v) is 4.92. The lowest BCUT2D eigenvalue weighted by Gasteiger charge is -2.30. The summed E-state index contributed by atoms with van der Waals surface area (Å²) in [4.78, 5) is 2.37. The number of hydrogen-bond acceptors (Lipinski definition) is 3. The average Bonchev–Trinajstić information content (AvgIpc) is 2.95. The largest absolute Gasteiger partial charge is 0.353 e. The summed E-state index contributed by atoms with van der Waals surface area (Å²) >= 11 is 0. The lowest BCUT2D eigenvalue weighted by atomic mass is 9.76. The summed E-state index contributed by atoms with van der Waals surface area (Å²) in [6.45, 7) is 8.98. The first-order chi connectivity index (χ1) is 9.08. The zero-order chi connectivity index (χ0) is 13.6. The lowest BCUT2D eigenvalue weighted by Crippen LogP contribution is -2.28. The maximum absolute atomic E-state index is 6.04. The van der Waals surface area contributed by atoms with Gasteiger partial charge in [-0.25, -0.2) is 0 Å². The third kappa shape index (κ3) is 2.16. The number of hydrogen-bond donors (Lipinski definition) is 2. The van der Waals surface area contributed by atoms with Gasteiger partial charge in [-0.15, -0.1) is 0 Å². The number of fused-ring (bicyclic) bond motifs is 1. The van der Waals surface area contributed by atoms with Crippen LogP contribution in [0.15, 0.2) is 0 Å². The van der Waals surface area contributed by atoms with Gasteiger partial charge in [-0.3, -0.25) is 5.10 Å². The highest BCUT2D eigenvalue weighted by atomic mass is 15.3. The molecule has 0 spiro atoms. The number of nitrogens with zero attached hydrogens (tertiary/aromatic N) is 2. The number of H-pyrrole nitrogens is 1. The van der Waals surface area contributed by atoms with E-state index in [0.717, 1.165) is 19.5 Å². The fourth-order valence-electron chi connectivity index (χ4n) is 3.73. The van der Waals surface area contributed by atoms with E-state index in [-0.39, 0.29) is 0 Å². The van der Waals surface area contributed by atoms with E-state index in [1.165, 1.54) is 29.9 Å². The standard InChI is InChI=1S/C15H26N4/c1-9(2)12-5-4-10(3)13-14(12)17-18-15(13)19-7-6-11(16)8-19/h9-12H,4-8,16H2,1-3H3,(H,17,18). The second-order valence-corrected chi connectivity index (χ2v) is 6.70. The molecule has 4 heteroatoms. The summed E-state index contributed by atoms with van der Waals surface area (Å²) < 4.78 is 0. The monoisotopic (exact) mass is 262 g/mol. The molecule has 3 atom stereocenters. The number of aromatic amines is 1. The van der Waals surface area contributed by atoms with Gasteiger partial charge in [0.15, 0.2) is 5.82 Å². The van der Waals surface area contributed by atoms with Crippen LogP contribution in [0.25, 0.3) is 0 Å². The van der Waals surface area contributed by atoms with Crippen molar-refractivity contribution in [2.24, 2.45) is 11.7 Å². The molecule has 3 unspecified atom stereocenters. The second kappa shape index (κ2) is 4.82. The Labute approximate surface area is 115 Å². The highest BCUT2D eigenvalue weighted by molar-refractivity contribution is 5.54. The predicted octanol–water partition coefficient (Wildman–Crippen LogP) is 2.58. The van der Waals surface area contributed by atoms with Gasteiger partial charge < -0.3 is 10.6 Å². The number of rotatable bonds is 2. The van der Waals surface area contributed by atoms with E-state index in [4.69, 9.17) is 5.73 Å². The fraction of sp³-hybridized carbons (Fsp3) is 0.800. The molecule has 19 heavy (non-hydrogen) atoms. The summed E-state index contributed by atoms with van der Waals surface area (Å²) in [6, 6.07) is 0.312. The maximum Gasteiger partial charge on any atom is 0.154 e. The van der Waals surface area contributed by atoms with Gasteiger partial charge in [0.25, 0.3) is 0 Å². The van der Waals surface area contributed by atoms with Crippen molar-refractivity contribution in [1.29, 1.82) is 0 Å². The Morgan fingerprint density at radius 1 is 1.32 bits per heavy atom. The van der Waals surface area contributed by atoms with Gasteiger partial charge in [0.05, 0.1) is 0 Å². The molecular weight excluding hydrogens is 236 g/mol. The van der Waals surface area contributed by atoms with Crippen molar-refractivity contribution in [1.82, 2.24) is 10.2 Å². The summed E-state index contributed by atoms with van der Waals surface area (Å²) in [7, 11) is 0. The quantitative estimate of drug-likeness (QED) is 0.861. The summed E-state index contributed by atoms with van der Waals surface area (Å²) in [6.07, 6.45) is 3.65. The molecule has 1 fully saturated rings. The van der Waals surface area contributed by atoms with Crippen LogP contribution in [0.5, 0.6) is 0 Å². The number of nitrogens with two attached hydrogens (primary N) is 1. The molecule has 0 radical (unpaired) electrons. The lowest BCUT2D eigenvalue weighted by molar-refractivity contribution is 0.403. The molecule has 1 aromatic heterocycles.